The molecular formula is C11H16F3N5O. The van der Waals surface area contributed by atoms with E-state index >= 15 is 0 Å². The quantitative estimate of drug-likeness (QED) is 0.764. The zero-order chi connectivity index (χ0) is 14.8. The molecule has 1 aromatic rings. The van der Waals surface area contributed by atoms with Gasteiger partial charge in [0.15, 0.2) is 5.69 Å². The van der Waals surface area contributed by atoms with E-state index in [1.807, 2.05) is 0 Å². The maximum absolute atomic E-state index is 12.7. The summed E-state index contributed by atoms with van der Waals surface area (Å²) in [6.45, 7) is 1.29. The number of urea groups is 1. The van der Waals surface area contributed by atoms with Crippen LogP contribution in [-0.4, -0.2) is 34.9 Å². The van der Waals surface area contributed by atoms with Crippen LogP contribution in [0.5, 0.6) is 0 Å². The SMILES string of the molecule is Cn1cc(CNC(=O)N[C@H]2CCNC2)c(C(F)(F)F)n1. The number of carbonyl (C=O) groups is 1. The summed E-state index contributed by atoms with van der Waals surface area (Å²) < 4.78 is 39.2. The Bertz CT molecular complexity index is 479. The smallest absolute Gasteiger partial charge is 0.334 e. The Labute approximate surface area is 113 Å². The first kappa shape index (κ1) is 14.6. The van der Waals surface area contributed by atoms with Crippen LogP contribution in [0.25, 0.3) is 0 Å². The molecule has 6 nitrogen and oxygen atoms in total. The average molecular weight is 291 g/mol. The van der Waals surface area contributed by atoms with Gasteiger partial charge in [-0.15, -0.1) is 0 Å². The Morgan fingerprint density at radius 2 is 2.35 bits per heavy atom. The molecule has 1 saturated heterocycles. The normalized spacial score (nSPS) is 19.1. The molecule has 3 N–H and O–H groups in total. The highest BCUT2D eigenvalue weighted by Gasteiger charge is 2.36. The van der Waals surface area contributed by atoms with Gasteiger partial charge in [-0.1, -0.05) is 0 Å². The summed E-state index contributed by atoms with van der Waals surface area (Å²) in [5, 5.41) is 11.6. The summed E-state index contributed by atoms with van der Waals surface area (Å²) in [7, 11) is 1.41. The number of hydrogen-bond donors (Lipinski definition) is 3. The van der Waals surface area contributed by atoms with Crippen molar-refractivity contribution in [2.24, 2.45) is 7.05 Å². The van der Waals surface area contributed by atoms with Gasteiger partial charge in [0.05, 0.1) is 0 Å². The average Bonchev–Trinajstić information content (AvgIpc) is 2.95. The van der Waals surface area contributed by atoms with Crippen molar-refractivity contribution in [2.45, 2.75) is 25.2 Å². The molecule has 1 fully saturated rings. The van der Waals surface area contributed by atoms with Crippen LogP contribution in [0.15, 0.2) is 6.20 Å². The number of nitrogens with zero attached hydrogens (tertiary/aromatic N) is 2. The first-order valence-corrected chi connectivity index (χ1v) is 6.21. The molecule has 2 amide bonds. The standard InChI is InChI=1S/C11H16F3N5O/c1-19-6-7(9(18-19)11(12,13)14)4-16-10(20)17-8-2-3-15-5-8/h6,8,15H,2-5H2,1H3,(H2,16,17,20)/t8-/m0/s1. The van der Waals surface area contributed by atoms with Gasteiger partial charge in [0, 0.05) is 37.9 Å². The molecule has 112 valence electrons. The highest BCUT2D eigenvalue weighted by molar-refractivity contribution is 5.74. The summed E-state index contributed by atoms with van der Waals surface area (Å²) in [5.41, 5.74) is -1.03. The predicted octanol–water partition coefficient (Wildman–Crippen LogP) is 0.600. The molecule has 0 radical (unpaired) electrons. The highest BCUT2D eigenvalue weighted by Crippen LogP contribution is 2.30. The molecule has 0 aromatic carbocycles. The first-order chi connectivity index (χ1) is 9.36. The van der Waals surface area contributed by atoms with Crippen LogP contribution in [-0.2, 0) is 19.8 Å². The van der Waals surface area contributed by atoms with E-state index in [1.165, 1.54) is 13.2 Å². The van der Waals surface area contributed by atoms with Gasteiger partial charge in [-0.05, 0) is 13.0 Å². The zero-order valence-electron chi connectivity index (χ0n) is 10.9. The van der Waals surface area contributed by atoms with Crippen LogP contribution in [0.3, 0.4) is 0 Å². The largest absolute Gasteiger partial charge is 0.435 e. The lowest BCUT2D eigenvalue weighted by molar-refractivity contribution is -0.142. The fourth-order valence-electron chi connectivity index (χ4n) is 2.10. The molecule has 2 heterocycles. The molecule has 1 atom stereocenters. The summed E-state index contributed by atoms with van der Waals surface area (Å²) in [4.78, 5) is 11.6. The maximum Gasteiger partial charge on any atom is 0.435 e. The third-order valence-corrected chi connectivity index (χ3v) is 3.01. The molecule has 1 aromatic heterocycles. The third-order valence-electron chi connectivity index (χ3n) is 3.01. The molecule has 0 unspecified atom stereocenters. The van der Waals surface area contributed by atoms with Gasteiger partial charge < -0.3 is 16.0 Å². The Morgan fingerprint density at radius 3 is 2.95 bits per heavy atom. The molecule has 1 aliphatic rings. The van der Waals surface area contributed by atoms with Crippen LogP contribution in [0.4, 0.5) is 18.0 Å². The van der Waals surface area contributed by atoms with Crippen molar-refractivity contribution in [1.82, 2.24) is 25.7 Å². The van der Waals surface area contributed by atoms with Crippen molar-refractivity contribution in [3.8, 4) is 0 Å². The van der Waals surface area contributed by atoms with Gasteiger partial charge >= 0.3 is 12.2 Å². The summed E-state index contributed by atoms with van der Waals surface area (Å²) in [5.74, 6) is 0. The number of amides is 2. The van der Waals surface area contributed by atoms with E-state index in [-0.39, 0.29) is 18.2 Å². The van der Waals surface area contributed by atoms with E-state index in [1.54, 1.807) is 0 Å². The lowest BCUT2D eigenvalue weighted by Gasteiger charge is -2.12. The minimum atomic E-state index is -4.52. The van der Waals surface area contributed by atoms with E-state index in [2.05, 4.69) is 21.0 Å². The predicted molar refractivity (Wildman–Crippen MR) is 64.9 cm³/mol. The second kappa shape index (κ2) is 5.70. The highest BCUT2D eigenvalue weighted by atomic mass is 19.4. The van der Waals surface area contributed by atoms with Gasteiger partial charge in [-0.25, -0.2) is 4.79 Å². The van der Waals surface area contributed by atoms with Gasteiger partial charge in [0.1, 0.15) is 0 Å². The Balaban J connectivity index is 1.91. The fourth-order valence-corrected chi connectivity index (χ4v) is 2.10. The van der Waals surface area contributed by atoms with Crippen molar-refractivity contribution >= 4 is 6.03 Å². The van der Waals surface area contributed by atoms with Crippen molar-refractivity contribution in [2.75, 3.05) is 13.1 Å². The number of hydrogen-bond acceptors (Lipinski definition) is 3. The molecule has 9 heteroatoms. The lowest BCUT2D eigenvalue weighted by atomic mass is 10.2. The number of aromatic nitrogens is 2. The van der Waals surface area contributed by atoms with Crippen LogP contribution in [0.1, 0.15) is 17.7 Å². The summed E-state index contributed by atoms with van der Waals surface area (Å²) in [6, 6.07) is -0.457. The molecule has 2 rings (SSSR count). The lowest BCUT2D eigenvalue weighted by Crippen LogP contribution is -2.42. The molecule has 0 bridgehead atoms. The molecule has 0 saturated carbocycles. The molecule has 20 heavy (non-hydrogen) atoms. The second-order valence-electron chi connectivity index (χ2n) is 4.69. The number of halogens is 3. The Morgan fingerprint density at radius 1 is 1.60 bits per heavy atom. The number of alkyl halides is 3. The van der Waals surface area contributed by atoms with Gasteiger partial charge in [0.2, 0.25) is 0 Å². The van der Waals surface area contributed by atoms with E-state index in [0.717, 1.165) is 17.6 Å². The second-order valence-corrected chi connectivity index (χ2v) is 4.69. The zero-order valence-corrected chi connectivity index (χ0v) is 10.9. The minimum absolute atomic E-state index is 0.0194. The molecule has 0 aliphatic carbocycles. The summed E-state index contributed by atoms with van der Waals surface area (Å²) in [6.07, 6.45) is -2.46. The Kier molecular flexibility index (Phi) is 4.17. The van der Waals surface area contributed by atoms with Gasteiger partial charge in [-0.2, -0.15) is 18.3 Å². The van der Waals surface area contributed by atoms with E-state index in [9.17, 15) is 18.0 Å². The van der Waals surface area contributed by atoms with Crippen LogP contribution >= 0.6 is 0 Å². The minimum Gasteiger partial charge on any atom is -0.334 e. The first-order valence-electron chi connectivity index (χ1n) is 6.21. The monoisotopic (exact) mass is 291 g/mol. The van der Waals surface area contributed by atoms with E-state index in [0.29, 0.717) is 6.54 Å². The van der Waals surface area contributed by atoms with Crippen LogP contribution < -0.4 is 16.0 Å². The maximum atomic E-state index is 12.7. The van der Waals surface area contributed by atoms with Gasteiger partial charge in [-0.3, -0.25) is 4.68 Å². The topological polar surface area (TPSA) is 71.0 Å². The molecular weight excluding hydrogens is 275 g/mol. The fraction of sp³-hybridized carbons (Fsp3) is 0.636. The van der Waals surface area contributed by atoms with Crippen LogP contribution in [0, 0.1) is 0 Å². The number of rotatable bonds is 3. The van der Waals surface area contributed by atoms with Crippen molar-refractivity contribution in [3.05, 3.63) is 17.5 Å². The van der Waals surface area contributed by atoms with Gasteiger partial charge in [0.25, 0.3) is 0 Å². The third kappa shape index (κ3) is 3.62. The van der Waals surface area contributed by atoms with E-state index in [4.69, 9.17) is 0 Å². The Hall–Kier alpha value is -1.77. The van der Waals surface area contributed by atoms with Crippen LogP contribution in [0.2, 0.25) is 0 Å². The summed E-state index contributed by atoms with van der Waals surface area (Å²) >= 11 is 0. The number of aryl methyl sites for hydroxylation is 1. The van der Waals surface area contributed by atoms with Crippen molar-refractivity contribution in [3.63, 3.8) is 0 Å². The van der Waals surface area contributed by atoms with Crippen molar-refractivity contribution < 1.29 is 18.0 Å². The van der Waals surface area contributed by atoms with E-state index < -0.39 is 17.9 Å². The van der Waals surface area contributed by atoms with Crippen molar-refractivity contribution in [1.29, 1.82) is 0 Å². The molecule has 0 spiro atoms. The number of carbonyl (C=O) groups excluding carboxylic acids is 1. The number of nitrogens with one attached hydrogen (secondary N) is 3. The molecule has 1 aliphatic heterocycles.